The summed E-state index contributed by atoms with van der Waals surface area (Å²) < 4.78 is 0. The normalized spacial score (nSPS) is 17.2. The third kappa shape index (κ3) is 2.00. The van der Waals surface area contributed by atoms with Crippen LogP contribution in [0.5, 0.6) is 0 Å². The monoisotopic (exact) mass is 177 g/mol. The van der Waals surface area contributed by atoms with E-state index in [2.05, 4.69) is 20.4 Å². The smallest absolute Gasteiger partial charge is 0.145 e. The highest BCUT2D eigenvalue weighted by Gasteiger charge is 2.21. The number of amidine groups is 1. The average molecular weight is 177 g/mol. The molecule has 0 unspecified atom stereocenters. The van der Waals surface area contributed by atoms with Crippen molar-refractivity contribution in [1.29, 1.82) is 0 Å². The standard InChI is InChI=1S/C8H11N5/c9-13-8(12-7-1-2-7)6-3-10-5-11-4-6/h3-5,7H,1-2,9H2,(H,12,13). The summed E-state index contributed by atoms with van der Waals surface area (Å²) in [5.41, 5.74) is 3.39. The van der Waals surface area contributed by atoms with Crippen molar-refractivity contribution in [3.63, 3.8) is 0 Å². The Hall–Kier alpha value is -1.49. The Kier molecular flexibility index (Phi) is 2.18. The van der Waals surface area contributed by atoms with E-state index < -0.39 is 0 Å². The van der Waals surface area contributed by atoms with Gasteiger partial charge in [0.1, 0.15) is 12.2 Å². The van der Waals surface area contributed by atoms with Crippen LogP contribution in [0.4, 0.5) is 0 Å². The fraction of sp³-hybridized carbons (Fsp3) is 0.375. The maximum Gasteiger partial charge on any atom is 0.145 e. The van der Waals surface area contributed by atoms with Crippen LogP contribution < -0.4 is 11.3 Å². The number of hydrogen-bond donors (Lipinski definition) is 2. The Morgan fingerprint density at radius 3 is 2.69 bits per heavy atom. The molecule has 1 aromatic heterocycles. The molecule has 3 N–H and O–H groups in total. The molecule has 5 heteroatoms. The Morgan fingerprint density at radius 1 is 1.46 bits per heavy atom. The van der Waals surface area contributed by atoms with Gasteiger partial charge in [0.25, 0.3) is 0 Å². The van der Waals surface area contributed by atoms with Crippen LogP contribution in [0.25, 0.3) is 0 Å². The van der Waals surface area contributed by atoms with Crippen LogP contribution in [0.2, 0.25) is 0 Å². The maximum atomic E-state index is 5.34. The van der Waals surface area contributed by atoms with Crippen molar-refractivity contribution in [2.24, 2.45) is 10.8 Å². The van der Waals surface area contributed by atoms with Crippen molar-refractivity contribution in [3.8, 4) is 0 Å². The highest BCUT2D eigenvalue weighted by molar-refractivity contribution is 5.98. The average Bonchev–Trinajstić information content (AvgIpc) is 2.99. The highest BCUT2D eigenvalue weighted by atomic mass is 15.3. The molecule has 1 aliphatic rings. The minimum absolute atomic E-state index is 0.436. The Bertz CT molecular complexity index is 304. The van der Waals surface area contributed by atoms with Gasteiger partial charge >= 0.3 is 0 Å². The molecule has 0 radical (unpaired) electrons. The molecule has 0 atom stereocenters. The predicted molar refractivity (Wildman–Crippen MR) is 48.9 cm³/mol. The molecule has 1 saturated carbocycles. The van der Waals surface area contributed by atoms with Crippen LogP contribution in [0.3, 0.4) is 0 Å². The topological polar surface area (TPSA) is 76.2 Å². The molecule has 0 amide bonds. The van der Waals surface area contributed by atoms with Crippen LogP contribution in [0.15, 0.2) is 23.7 Å². The second-order valence-corrected chi connectivity index (χ2v) is 2.98. The quantitative estimate of drug-likeness (QED) is 0.285. The summed E-state index contributed by atoms with van der Waals surface area (Å²) in [4.78, 5) is 12.2. The van der Waals surface area contributed by atoms with Gasteiger partial charge in [0.2, 0.25) is 0 Å². The second kappa shape index (κ2) is 3.49. The summed E-state index contributed by atoms with van der Waals surface area (Å²) in [6.07, 6.45) is 7.16. The molecule has 1 heterocycles. The molecule has 0 aromatic carbocycles. The van der Waals surface area contributed by atoms with Gasteiger partial charge < -0.3 is 5.43 Å². The van der Waals surface area contributed by atoms with E-state index in [9.17, 15) is 0 Å². The van der Waals surface area contributed by atoms with Gasteiger partial charge in [-0.05, 0) is 12.8 Å². The zero-order chi connectivity index (χ0) is 9.10. The van der Waals surface area contributed by atoms with Gasteiger partial charge in [0.15, 0.2) is 0 Å². The van der Waals surface area contributed by atoms with Crippen molar-refractivity contribution in [3.05, 3.63) is 24.3 Å². The van der Waals surface area contributed by atoms with Crippen molar-refractivity contribution in [1.82, 2.24) is 15.4 Å². The number of nitrogens with one attached hydrogen (secondary N) is 1. The summed E-state index contributed by atoms with van der Waals surface area (Å²) in [5.74, 6) is 6.01. The summed E-state index contributed by atoms with van der Waals surface area (Å²) in [7, 11) is 0. The minimum Gasteiger partial charge on any atom is -0.308 e. The first-order chi connectivity index (χ1) is 6.40. The molecule has 5 nitrogen and oxygen atoms in total. The number of hydrogen-bond acceptors (Lipinski definition) is 4. The number of rotatable bonds is 2. The van der Waals surface area contributed by atoms with E-state index in [1.807, 2.05) is 0 Å². The lowest BCUT2D eigenvalue weighted by atomic mass is 10.3. The molecule has 2 rings (SSSR count). The molecule has 1 aromatic rings. The van der Waals surface area contributed by atoms with Gasteiger partial charge in [0, 0.05) is 12.4 Å². The molecule has 68 valence electrons. The molecule has 0 bridgehead atoms. The third-order valence-electron chi connectivity index (χ3n) is 1.83. The van der Waals surface area contributed by atoms with Crippen molar-refractivity contribution in [2.45, 2.75) is 18.9 Å². The van der Waals surface area contributed by atoms with Gasteiger partial charge in [-0.25, -0.2) is 15.8 Å². The molecule has 0 aliphatic heterocycles. The van der Waals surface area contributed by atoms with Crippen molar-refractivity contribution >= 4 is 5.84 Å². The summed E-state index contributed by atoms with van der Waals surface area (Å²) in [6.45, 7) is 0. The van der Waals surface area contributed by atoms with E-state index >= 15 is 0 Å². The molecule has 0 saturated heterocycles. The number of aromatic nitrogens is 2. The van der Waals surface area contributed by atoms with E-state index in [0.29, 0.717) is 11.9 Å². The minimum atomic E-state index is 0.436. The fourth-order valence-corrected chi connectivity index (χ4v) is 1.00. The molecule has 1 aliphatic carbocycles. The lowest BCUT2D eigenvalue weighted by Crippen LogP contribution is -2.31. The van der Waals surface area contributed by atoms with E-state index in [0.717, 1.165) is 18.4 Å². The van der Waals surface area contributed by atoms with E-state index in [1.165, 1.54) is 6.33 Å². The highest BCUT2D eigenvalue weighted by Crippen LogP contribution is 2.23. The Labute approximate surface area is 76.1 Å². The first kappa shape index (κ1) is 8.12. The Balaban J connectivity index is 2.21. The number of nitrogens with two attached hydrogens (primary N) is 1. The van der Waals surface area contributed by atoms with E-state index in [4.69, 9.17) is 5.84 Å². The number of hydrazine groups is 1. The van der Waals surface area contributed by atoms with Crippen LogP contribution >= 0.6 is 0 Å². The van der Waals surface area contributed by atoms with Crippen molar-refractivity contribution < 1.29 is 0 Å². The van der Waals surface area contributed by atoms with E-state index in [-0.39, 0.29) is 0 Å². The van der Waals surface area contributed by atoms with Crippen LogP contribution in [-0.4, -0.2) is 21.8 Å². The maximum absolute atomic E-state index is 5.34. The van der Waals surface area contributed by atoms with Crippen LogP contribution in [0.1, 0.15) is 18.4 Å². The lowest BCUT2D eigenvalue weighted by molar-refractivity contribution is 0.965. The van der Waals surface area contributed by atoms with Gasteiger partial charge in [-0.2, -0.15) is 0 Å². The van der Waals surface area contributed by atoms with Crippen LogP contribution in [0, 0.1) is 0 Å². The summed E-state index contributed by atoms with van der Waals surface area (Å²) in [5, 5.41) is 0. The lowest BCUT2D eigenvalue weighted by Gasteiger charge is -2.03. The van der Waals surface area contributed by atoms with Gasteiger partial charge in [-0.3, -0.25) is 4.99 Å². The molecular weight excluding hydrogens is 166 g/mol. The fourth-order valence-electron chi connectivity index (χ4n) is 1.00. The molecule has 0 spiro atoms. The largest absolute Gasteiger partial charge is 0.308 e. The molecule has 1 fully saturated rings. The number of aliphatic imine (C=N–C) groups is 1. The zero-order valence-corrected chi connectivity index (χ0v) is 7.14. The molecule has 13 heavy (non-hydrogen) atoms. The summed E-state index contributed by atoms with van der Waals surface area (Å²) in [6, 6.07) is 0.436. The predicted octanol–water partition coefficient (Wildman–Crippen LogP) is -0.151. The first-order valence-electron chi connectivity index (χ1n) is 4.20. The third-order valence-corrected chi connectivity index (χ3v) is 1.83. The summed E-state index contributed by atoms with van der Waals surface area (Å²) >= 11 is 0. The van der Waals surface area contributed by atoms with Gasteiger partial charge in [0.05, 0.1) is 11.6 Å². The number of nitrogens with zero attached hydrogens (tertiary/aromatic N) is 3. The van der Waals surface area contributed by atoms with Crippen molar-refractivity contribution in [2.75, 3.05) is 0 Å². The van der Waals surface area contributed by atoms with Gasteiger partial charge in [-0.15, -0.1) is 0 Å². The second-order valence-electron chi connectivity index (χ2n) is 2.98. The zero-order valence-electron chi connectivity index (χ0n) is 7.14. The Morgan fingerprint density at radius 2 is 2.15 bits per heavy atom. The van der Waals surface area contributed by atoms with Gasteiger partial charge in [-0.1, -0.05) is 0 Å². The van der Waals surface area contributed by atoms with Crippen LogP contribution in [-0.2, 0) is 0 Å². The molecular formula is C8H11N5. The first-order valence-corrected chi connectivity index (χ1v) is 4.20. The SMILES string of the molecule is NNC(=NC1CC1)c1cncnc1. The van der Waals surface area contributed by atoms with E-state index in [1.54, 1.807) is 12.4 Å².